The lowest BCUT2D eigenvalue weighted by Gasteiger charge is -2.13. The van der Waals surface area contributed by atoms with E-state index in [0.29, 0.717) is 24.6 Å². The summed E-state index contributed by atoms with van der Waals surface area (Å²) in [5.74, 6) is 0.304. The van der Waals surface area contributed by atoms with E-state index in [-0.39, 0.29) is 11.6 Å². The number of nitrogens with two attached hydrogens (primary N) is 1. The largest absolute Gasteiger partial charge is 0.497 e. The van der Waals surface area contributed by atoms with Gasteiger partial charge in [-0.05, 0) is 37.4 Å². The monoisotopic (exact) mass is 282 g/mol. The zero-order chi connectivity index (χ0) is 15.0. The van der Waals surface area contributed by atoms with Gasteiger partial charge in [-0.25, -0.2) is 4.39 Å². The van der Waals surface area contributed by atoms with Gasteiger partial charge in [-0.1, -0.05) is 13.3 Å². The van der Waals surface area contributed by atoms with Crippen molar-refractivity contribution in [3.05, 3.63) is 24.0 Å². The molecule has 1 aromatic carbocycles. The van der Waals surface area contributed by atoms with Crippen molar-refractivity contribution < 1.29 is 13.9 Å². The highest BCUT2D eigenvalue weighted by atomic mass is 19.1. The Morgan fingerprint density at radius 2 is 2.20 bits per heavy atom. The summed E-state index contributed by atoms with van der Waals surface area (Å²) < 4.78 is 18.6. The van der Waals surface area contributed by atoms with Crippen molar-refractivity contribution in [2.75, 3.05) is 19.0 Å². The highest BCUT2D eigenvalue weighted by Crippen LogP contribution is 2.22. The van der Waals surface area contributed by atoms with E-state index in [1.165, 1.54) is 25.3 Å². The number of nitrogens with one attached hydrogen (secondary N) is 1. The van der Waals surface area contributed by atoms with Crippen molar-refractivity contribution in [3.8, 4) is 5.75 Å². The van der Waals surface area contributed by atoms with Crippen molar-refractivity contribution in [1.29, 1.82) is 0 Å². The van der Waals surface area contributed by atoms with Crippen LogP contribution in [-0.4, -0.2) is 19.6 Å². The van der Waals surface area contributed by atoms with Crippen LogP contribution in [0.1, 0.15) is 32.6 Å². The Kier molecular flexibility index (Phi) is 7.01. The SMILES string of the molecule is CCC(CCN)CCC(=O)Nc1cc(OC)ccc1F. The number of carbonyl (C=O) groups is 1. The minimum atomic E-state index is -0.465. The van der Waals surface area contributed by atoms with Gasteiger partial charge in [-0.2, -0.15) is 0 Å². The van der Waals surface area contributed by atoms with Crippen molar-refractivity contribution in [3.63, 3.8) is 0 Å². The van der Waals surface area contributed by atoms with Crippen LogP contribution in [-0.2, 0) is 4.79 Å². The average Bonchev–Trinajstić information content (AvgIpc) is 2.45. The van der Waals surface area contributed by atoms with Crippen LogP contribution >= 0.6 is 0 Å². The molecular formula is C15H23FN2O2. The molecule has 0 bridgehead atoms. The summed E-state index contributed by atoms with van der Waals surface area (Å²) in [6.45, 7) is 2.71. The van der Waals surface area contributed by atoms with Crippen LogP contribution in [0.2, 0.25) is 0 Å². The third-order valence-electron chi connectivity index (χ3n) is 3.38. The lowest BCUT2D eigenvalue weighted by atomic mass is 9.96. The number of ether oxygens (including phenoxy) is 1. The predicted molar refractivity (Wildman–Crippen MR) is 78.3 cm³/mol. The lowest BCUT2D eigenvalue weighted by molar-refractivity contribution is -0.116. The first kappa shape index (κ1) is 16.4. The molecule has 1 aromatic rings. The maximum Gasteiger partial charge on any atom is 0.224 e. The van der Waals surface area contributed by atoms with Gasteiger partial charge < -0.3 is 15.8 Å². The molecule has 0 radical (unpaired) electrons. The number of halogens is 1. The molecule has 4 nitrogen and oxygen atoms in total. The van der Waals surface area contributed by atoms with Crippen LogP contribution in [0.25, 0.3) is 0 Å². The predicted octanol–water partition coefficient (Wildman–Crippen LogP) is 2.93. The molecule has 112 valence electrons. The zero-order valence-corrected chi connectivity index (χ0v) is 12.1. The second-order valence-electron chi connectivity index (χ2n) is 4.78. The van der Waals surface area contributed by atoms with E-state index in [9.17, 15) is 9.18 Å². The summed E-state index contributed by atoms with van der Waals surface area (Å²) in [4.78, 5) is 11.8. The van der Waals surface area contributed by atoms with Gasteiger partial charge >= 0.3 is 0 Å². The fraction of sp³-hybridized carbons (Fsp3) is 0.533. The van der Waals surface area contributed by atoms with Gasteiger partial charge in [0.05, 0.1) is 12.8 Å². The normalized spacial score (nSPS) is 12.0. The quantitative estimate of drug-likeness (QED) is 0.770. The first-order chi connectivity index (χ1) is 9.60. The van der Waals surface area contributed by atoms with Crippen molar-refractivity contribution in [2.45, 2.75) is 32.6 Å². The van der Waals surface area contributed by atoms with Crippen LogP contribution in [0, 0.1) is 11.7 Å². The number of hydrogen-bond acceptors (Lipinski definition) is 3. The van der Waals surface area contributed by atoms with E-state index in [1.54, 1.807) is 0 Å². The summed E-state index contributed by atoms with van der Waals surface area (Å²) in [6.07, 6.45) is 3.05. The molecule has 1 unspecified atom stereocenters. The molecule has 0 saturated carbocycles. The van der Waals surface area contributed by atoms with E-state index in [4.69, 9.17) is 10.5 Å². The van der Waals surface area contributed by atoms with E-state index < -0.39 is 5.82 Å². The Hall–Kier alpha value is -1.62. The van der Waals surface area contributed by atoms with Gasteiger partial charge in [0.2, 0.25) is 5.91 Å². The standard InChI is InChI=1S/C15H23FN2O2/c1-3-11(8-9-17)4-7-15(19)18-14-10-12(20-2)5-6-13(14)16/h5-6,10-11H,3-4,7-9,17H2,1-2H3,(H,18,19). The van der Waals surface area contributed by atoms with Gasteiger partial charge in [0, 0.05) is 12.5 Å². The number of hydrogen-bond donors (Lipinski definition) is 2. The third-order valence-corrected chi connectivity index (χ3v) is 3.38. The Bertz CT molecular complexity index is 438. The molecule has 1 atom stereocenters. The number of amides is 1. The summed E-state index contributed by atoms with van der Waals surface area (Å²) in [5, 5.41) is 2.58. The van der Waals surface area contributed by atoms with E-state index >= 15 is 0 Å². The number of benzene rings is 1. The second kappa shape index (κ2) is 8.53. The zero-order valence-electron chi connectivity index (χ0n) is 12.1. The summed E-state index contributed by atoms with van der Waals surface area (Å²) in [5.41, 5.74) is 5.68. The summed E-state index contributed by atoms with van der Waals surface area (Å²) in [6, 6.07) is 4.27. The molecule has 20 heavy (non-hydrogen) atoms. The molecule has 1 amide bonds. The molecule has 0 heterocycles. The Balaban J connectivity index is 2.53. The first-order valence-electron chi connectivity index (χ1n) is 6.94. The number of rotatable bonds is 8. The highest BCUT2D eigenvalue weighted by molar-refractivity contribution is 5.91. The minimum Gasteiger partial charge on any atom is -0.497 e. The third kappa shape index (κ3) is 5.17. The highest BCUT2D eigenvalue weighted by Gasteiger charge is 2.11. The van der Waals surface area contributed by atoms with Gasteiger partial charge in [0.15, 0.2) is 0 Å². The molecule has 0 saturated heterocycles. The smallest absolute Gasteiger partial charge is 0.224 e. The molecule has 1 rings (SSSR count). The van der Waals surface area contributed by atoms with Crippen LogP contribution < -0.4 is 15.8 Å². The van der Waals surface area contributed by atoms with E-state index in [0.717, 1.165) is 19.3 Å². The average molecular weight is 282 g/mol. The summed E-state index contributed by atoms with van der Waals surface area (Å²) >= 11 is 0. The molecule has 0 aliphatic heterocycles. The number of methoxy groups -OCH3 is 1. The molecule has 0 spiro atoms. The van der Waals surface area contributed by atoms with Gasteiger partial charge in [-0.15, -0.1) is 0 Å². The summed E-state index contributed by atoms with van der Waals surface area (Å²) in [7, 11) is 1.50. The molecule has 5 heteroatoms. The van der Waals surface area contributed by atoms with Crippen LogP contribution in [0.3, 0.4) is 0 Å². The van der Waals surface area contributed by atoms with E-state index in [1.807, 2.05) is 0 Å². The first-order valence-corrected chi connectivity index (χ1v) is 6.94. The fourth-order valence-corrected chi connectivity index (χ4v) is 2.06. The lowest BCUT2D eigenvalue weighted by Crippen LogP contribution is -2.15. The fourth-order valence-electron chi connectivity index (χ4n) is 2.06. The van der Waals surface area contributed by atoms with Gasteiger partial charge in [0.1, 0.15) is 11.6 Å². The molecule has 0 aliphatic rings. The van der Waals surface area contributed by atoms with Crippen LogP contribution in [0.5, 0.6) is 5.75 Å². The van der Waals surface area contributed by atoms with Crippen molar-refractivity contribution in [1.82, 2.24) is 0 Å². The van der Waals surface area contributed by atoms with E-state index in [2.05, 4.69) is 12.2 Å². The van der Waals surface area contributed by atoms with Crippen LogP contribution in [0.4, 0.5) is 10.1 Å². The van der Waals surface area contributed by atoms with Crippen molar-refractivity contribution in [2.24, 2.45) is 11.7 Å². The molecule has 0 aromatic heterocycles. The maximum atomic E-state index is 13.6. The Morgan fingerprint density at radius 3 is 2.80 bits per heavy atom. The van der Waals surface area contributed by atoms with Crippen LogP contribution in [0.15, 0.2) is 18.2 Å². The number of anilines is 1. The molecule has 3 N–H and O–H groups in total. The topological polar surface area (TPSA) is 64.4 Å². The van der Waals surface area contributed by atoms with Crippen molar-refractivity contribution >= 4 is 11.6 Å². The number of carbonyl (C=O) groups excluding carboxylic acids is 1. The Morgan fingerprint density at radius 1 is 1.45 bits per heavy atom. The van der Waals surface area contributed by atoms with Gasteiger partial charge in [0.25, 0.3) is 0 Å². The Labute approximate surface area is 119 Å². The molecule has 0 fully saturated rings. The van der Waals surface area contributed by atoms with Gasteiger partial charge in [-0.3, -0.25) is 4.79 Å². The maximum absolute atomic E-state index is 13.6. The molecule has 0 aliphatic carbocycles. The minimum absolute atomic E-state index is 0.154. The molecular weight excluding hydrogens is 259 g/mol. The second-order valence-corrected chi connectivity index (χ2v) is 4.78.